The molecule has 0 aromatic heterocycles. The van der Waals surface area contributed by atoms with Gasteiger partial charge in [0.15, 0.2) is 5.71 Å². The molecule has 2 aliphatic rings. The Labute approximate surface area is 76.9 Å². The van der Waals surface area contributed by atoms with E-state index in [4.69, 9.17) is 9.47 Å². The van der Waals surface area contributed by atoms with Crippen LogP contribution < -0.4 is 0 Å². The summed E-state index contributed by atoms with van der Waals surface area (Å²) in [5.41, 5.74) is 0.00646. The summed E-state index contributed by atoms with van der Waals surface area (Å²) >= 11 is 0. The summed E-state index contributed by atoms with van der Waals surface area (Å²) in [6, 6.07) is 0. The van der Waals surface area contributed by atoms with Crippen LogP contribution in [0.5, 0.6) is 0 Å². The first-order valence-corrected chi connectivity index (χ1v) is 4.40. The number of epoxide rings is 1. The number of carbonyl (C=O) groups is 1. The molecule has 4 heteroatoms. The number of hydrogen-bond donors (Lipinski definition) is 0. The van der Waals surface area contributed by atoms with E-state index in [1.54, 1.807) is 0 Å². The van der Waals surface area contributed by atoms with Gasteiger partial charge in [0.05, 0.1) is 6.54 Å². The summed E-state index contributed by atoms with van der Waals surface area (Å²) in [6.07, 6.45) is 0.0809. The number of hydrogen-bond acceptors (Lipinski definition) is 4. The van der Waals surface area contributed by atoms with E-state index in [1.165, 1.54) is 0 Å². The van der Waals surface area contributed by atoms with E-state index in [2.05, 4.69) is 4.99 Å². The first kappa shape index (κ1) is 8.69. The van der Waals surface area contributed by atoms with Gasteiger partial charge in [-0.25, -0.2) is 4.79 Å². The SMILES string of the molecule is CC(C)(C)OC(=O)C1=NCC2OC12. The fourth-order valence-electron chi connectivity index (χ4n) is 1.31. The van der Waals surface area contributed by atoms with Crippen LogP contribution in [0.15, 0.2) is 4.99 Å². The third kappa shape index (κ3) is 1.72. The third-order valence-electron chi connectivity index (χ3n) is 1.90. The molecule has 0 bridgehead atoms. The molecule has 0 amide bonds. The van der Waals surface area contributed by atoms with Crippen molar-refractivity contribution >= 4 is 11.7 Å². The Morgan fingerprint density at radius 3 is 2.69 bits per heavy atom. The summed E-state index contributed by atoms with van der Waals surface area (Å²) in [6.45, 7) is 6.13. The van der Waals surface area contributed by atoms with Crippen LogP contribution in [0.1, 0.15) is 20.8 Å². The Hall–Kier alpha value is -0.900. The van der Waals surface area contributed by atoms with Gasteiger partial charge in [0.1, 0.15) is 17.8 Å². The standard InChI is InChI=1S/C9H13NO3/c1-9(2,3)13-8(11)6-7-5(12-7)4-10-6/h5,7H,4H2,1-3H3. The zero-order valence-corrected chi connectivity index (χ0v) is 8.03. The minimum Gasteiger partial charge on any atom is -0.455 e. The number of esters is 1. The average Bonchev–Trinajstić information content (AvgIpc) is 2.59. The van der Waals surface area contributed by atoms with Crippen molar-refractivity contribution in [1.82, 2.24) is 0 Å². The molecular formula is C9H13NO3. The zero-order valence-electron chi connectivity index (χ0n) is 8.03. The van der Waals surface area contributed by atoms with Gasteiger partial charge in [0.25, 0.3) is 0 Å². The summed E-state index contributed by atoms with van der Waals surface area (Å²) in [5, 5.41) is 0. The van der Waals surface area contributed by atoms with E-state index in [-0.39, 0.29) is 18.2 Å². The molecule has 72 valence electrons. The van der Waals surface area contributed by atoms with Gasteiger partial charge in [-0.3, -0.25) is 4.99 Å². The van der Waals surface area contributed by atoms with Crippen molar-refractivity contribution in [2.75, 3.05) is 6.54 Å². The van der Waals surface area contributed by atoms with Crippen molar-refractivity contribution in [3.05, 3.63) is 0 Å². The molecule has 0 saturated carbocycles. The second kappa shape index (κ2) is 2.54. The first-order chi connectivity index (χ1) is 5.97. The van der Waals surface area contributed by atoms with Crippen LogP contribution in [0.2, 0.25) is 0 Å². The topological polar surface area (TPSA) is 51.2 Å². The van der Waals surface area contributed by atoms with Crippen molar-refractivity contribution in [3.8, 4) is 0 Å². The summed E-state index contributed by atoms with van der Waals surface area (Å²) in [4.78, 5) is 15.5. The maximum absolute atomic E-state index is 11.5. The molecule has 13 heavy (non-hydrogen) atoms. The highest BCUT2D eigenvalue weighted by Gasteiger charge is 2.50. The van der Waals surface area contributed by atoms with Crippen molar-refractivity contribution < 1.29 is 14.3 Å². The number of fused-ring (bicyclic) bond motifs is 1. The van der Waals surface area contributed by atoms with Crippen LogP contribution in [0.25, 0.3) is 0 Å². The minimum atomic E-state index is -0.452. The van der Waals surface area contributed by atoms with Crippen LogP contribution in [-0.4, -0.2) is 36.0 Å². The van der Waals surface area contributed by atoms with Gasteiger partial charge in [-0.15, -0.1) is 0 Å². The summed E-state index contributed by atoms with van der Waals surface area (Å²) < 4.78 is 10.3. The molecule has 2 unspecified atom stereocenters. The molecule has 0 radical (unpaired) electrons. The molecule has 2 heterocycles. The highest BCUT2D eigenvalue weighted by Crippen LogP contribution is 2.30. The lowest BCUT2D eigenvalue weighted by molar-refractivity contribution is -0.146. The van der Waals surface area contributed by atoms with E-state index < -0.39 is 5.60 Å². The molecule has 2 atom stereocenters. The van der Waals surface area contributed by atoms with Gasteiger partial charge in [-0.05, 0) is 20.8 Å². The molecule has 0 aromatic rings. The Morgan fingerprint density at radius 2 is 2.31 bits per heavy atom. The van der Waals surface area contributed by atoms with Crippen molar-refractivity contribution in [1.29, 1.82) is 0 Å². The van der Waals surface area contributed by atoms with Gasteiger partial charge in [-0.2, -0.15) is 0 Å². The van der Waals surface area contributed by atoms with Crippen molar-refractivity contribution in [2.45, 2.75) is 38.6 Å². The van der Waals surface area contributed by atoms with E-state index in [9.17, 15) is 4.79 Å². The molecule has 0 spiro atoms. The molecule has 1 saturated heterocycles. The van der Waals surface area contributed by atoms with E-state index in [0.717, 1.165) is 0 Å². The summed E-state index contributed by atoms with van der Waals surface area (Å²) in [5.74, 6) is -0.336. The molecule has 4 nitrogen and oxygen atoms in total. The van der Waals surface area contributed by atoms with Crippen LogP contribution >= 0.6 is 0 Å². The number of aliphatic imine (C=N–C) groups is 1. The van der Waals surface area contributed by atoms with Crippen LogP contribution in [-0.2, 0) is 14.3 Å². The van der Waals surface area contributed by atoms with Gasteiger partial charge in [0, 0.05) is 0 Å². The first-order valence-electron chi connectivity index (χ1n) is 4.40. The molecule has 2 rings (SSSR count). The quantitative estimate of drug-likeness (QED) is 0.440. The fourth-order valence-corrected chi connectivity index (χ4v) is 1.31. The second-order valence-corrected chi connectivity index (χ2v) is 4.32. The minimum absolute atomic E-state index is 0.0742. The number of nitrogens with zero attached hydrogens (tertiary/aromatic N) is 1. The van der Waals surface area contributed by atoms with Gasteiger partial charge in [0.2, 0.25) is 0 Å². The Bertz CT molecular complexity index is 277. The maximum atomic E-state index is 11.5. The lowest BCUT2D eigenvalue weighted by atomic mass is 10.2. The zero-order chi connectivity index (χ0) is 9.64. The smallest absolute Gasteiger partial charge is 0.355 e. The van der Waals surface area contributed by atoms with Crippen LogP contribution in [0.4, 0.5) is 0 Å². The highest BCUT2D eigenvalue weighted by atomic mass is 16.6. The largest absolute Gasteiger partial charge is 0.455 e. The summed E-state index contributed by atoms with van der Waals surface area (Å²) in [7, 11) is 0. The predicted molar refractivity (Wildman–Crippen MR) is 46.8 cm³/mol. The maximum Gasteiger partial charge on any atom is 0.355 e. The fraction of sp³-hybridized carbons (Fsp3) is 0.778. The molecular weight excluding hydrogens is 170 g/mol. The molecule has 2 aliphatic heterocycles. The van der Waals surface area contributed by atoms with Crippen molar-refractivity contribution in [3.63, 3.8) is 0 Å². The Morgan fingerprint density at radius 1 is 1.62 bits per heavy atom. The number of ether oxygens (including phenoxy) is 2. The predicted octanol–water partition coefficient (Wildman–Crippen LogP) is 0.550. The number of carbonyl (C=O) groups excluding carboxylic acids is 1. The van der Waals surface area contributed by atoms with E-state index in [1.807, 2.05) is 20.8 Å². The lowest BCUT2D eigenvalue weighted by Gasteiger charge is -2.19. The van der Waals surface area contributed by atoms with E-state index >= 15 is 0 Å². The molecule has 1 fully saturated rings. The van der Waals surface area contributed by atoms with Gasteiger partial charge >= 0.3 is 5.97 Å². The Balaban J connectivity index is 1.98. The van der Waals surface area contributed by atoms with Crippen molar-refractivity contribution in [2.24, 2.45) is 4.99 Å². The normalized spacial score (nSPS) is 30.8. The second-order valence-electron chi connectivity index (χ2n) is 4.32. The van der Waals surface area contributed by atoms with Gasteiger partial charge in [-0.1, -0.05) is 0 Å². The lowest BCUT2D eigenvalue weighted by Crippen LogP contribution is -2.30. The third-order valence-corrected chi connectivity index (χ3v) is 1.90. The van der Waals surface area contributed by atoms with E-state index in [0.29, 0.717) is 12.3 Å². The Kier molecular flexibility index (Phi) is 1.70. The average molecular weight is 183 g/mol. The van der Waals surface area contributed by atoms with Crippen LogP contribution in [0.3, 0.4) is 0 Å². The molecule has 0 aliphatic carbocycles. The molecule has 0 N–H and O–H groups in total. The van der Waals surface area contributed by atoms with Gasteiger partial charge < -0.3 is 9.47 Å². The monoisotopic (exact) mass is 183 g/mol. The number of rotatable bonds is 1. The highest BCUT2D eigenvalue weighted by molar-refractivity contribution is 6.39. The molecule has 0 aromatic carbocycles. The van der Waals surface area contributed by atoms with Crippen LogP contribution in [0, 0.1) is 0 Å².